The third-order valence-corrected chi connectivity index (χ3v) is 4.18. The van der Waals surface area contributed by atoms with E-state index in [1.807, 2.05) is 12.3 Å². The second-order valence-electron chi connectivity index (χ2n) is 5.58. The van der Waals surface area contributed by atoms with Crippen LogP contribution in [0, 0.1) is 12.8 Å². The lowest BCUT2D eigenvalue weighted by atomic mass is 9.90. The quantitative estimate of drug-likeness (QED) is 0.884. The van der Waals surface area contributed by atoms with Gasteiger partial charge in [0.15, 0.2) is 0 Å². The first-order chi connectivity index (χ1) is 8.66. The molecule has 1 aromatic heterocycles. The van der Waals surface area contributed by atoms with Crippen molar-refractivity contribution in [3.63, 3.8) is 0 Å². The molecule has 0 bridgehead atoms. The molecule has 1 aromatic rings. The maximum Gasteiger partial charge on any atom is 0.0570 e. The summed E-state index contributed by atoms with van der Waals surface area (Å²) in [7, 11) is 2.21. The molecule has 3 heteroatoms. The van der Waals surface area contributed by atoms with Crippen molar-refractivity contribution < 1.29 is 0 Å². The lowest BCUT2D eigenvalue weighted by Gasteiger charge is -2.33. The van der Waals surface area contributed by atoms with Crippen molar-refractivity contribution in [3.8, 4) is 0 Å². The predicted octanol–water partition coefficient (Wildman–Crippen LogP) is 2.21. The van der Waals surface area contributed by atoms with Gasteiger partial charge in [-0.05, 0) is 64.4 Å². The molecule has 0 spiro atoms. The molecule has 0 aliphatic carbocycles. The number of aryl methyl sites for hydroxylation is 1. The Morgan fingerprint density at radius 2 is 2.17 bits per heavy atom. The largest absolute Gasteiger partial charge is 0.308 e. The van der Waals surface area contributed by atoms with Crippen molar-refractivity contribution in [2.45, 2.75) is 39.3 Å². The van der Waals surface area contributed by atoms with Gasteiger partial charge in [-0.1, -0.05) is 6.07 Å². The van der Waals surface area contributed by atoms with E-state index in [1.54, 1.807) is 0 Å². The van der Waals surface area contributed by atoms with E-state index in [4.69, 9.17) is 0 Å². The van der Waals surface area contributed by atoms with Gasteiger partial charge in [0.1, 0.15) is 0 Å². The van der Waals surface area contributed by atoms with Crippen LogP contribution in [0.25, 0.3) is 0 Å². The highest BCUT2D eigenvalue weighted by Crippen LogP contribution is 2.19. The van der Waals surface area contributed by atoms with Crippen molar-refractivity contribution in [3.05, 3.63) is 29.6 Å². The summed E-state index contributed by atoms with van der Waals surface area (Å²) in [5.74, 6) is 0.810. The van der Waals surface area contributed by atoms with Crippen LogP contribution < -0.4 is 5.32 Å². The molecule has 2 heterocycles. The Bertz CT molecular complexity index is 370. The summed E-state index contributed by atoms with van der Waals surface area (Å²) < 4.78 is 0. The summed E-state index contributed by atoms with van der Waals surface area (Å²) in [5.41, 5.74) is 2.46. The minimum absolute atomic E-state index is 0.583. The highest BCUT2D eigenvalue weighted by atomic mass is 15.1. The third-order valence-electron chi connectivity index (χ3n) is 4.18. The zero-order valence-corrected chi connectivity index (χ0v) is 11.8. The number of rotatable bonds is 4. The van der Waals surface area contributed by atoms with Gasteiger partial charge in [0.2, 0.25) is 0 Å². The number of likely N-dealkylation sites (tertiary alicyclic amines) is 1. The summed E-state index contributed by atoms with van der Waals surface area (Å²) in [4.78, 5) is 6.86. The molecule has 1 atom stereocenters. The maximum absolute atomic E-state index is 4.44. The fourth-order valence-corrected chi connectivity index (χ4v) is 2.66. The highest BCUT2D eigenvalue weighted by Gasteiger charge is 2.21. The van der Waals surface area contributed by atoms with Gasteiger partial charge in [-0.2, -0.15) is 0 Å². The average Bonchev–Trinajstić information content (AvgIpc) is 2.38. The van der Waals surface area contributed by atoms with Crippen LogP contribution in [0.15, 0.2) is 18.3 Å². The minimum atomic E-state index is 0.583. The molecule has 1 N–H and O–H groups in total. The molecule has 1 saturated heterocycles. The summed E-state index contributed by atoms with van der Waals surface area (Å²) in [5, 5.41) is 3.64. The molecule has 0 radical (unpaired) electrons. The van der Waals surface area contributed by atoms with Gasteiger partial charge in [0.25, 0.3) is 0 Å². The molecular weight excluding hydrogens is 222 g/mol. The lowest BCUT2D eigenvalue weighted by molar-refractivity contribution is 0.189. The normalized spacial score (nSPS) is 19.9. The van der Waals surface area contributed by atoms with Crippen molar-refractivity contribution >= 4 is 0 Å². The Hall–Kier alpha value is -0.930. The third kappa shape index (κ3) is 3.53. The Morgan fingerprint density at radius 1 is 1.44 bits per heavy atom. The van der Waals surface area contributed by atoms with E-state index in [0.29, 0.717) is 6.04 Å². The molecule has 0 saturated carbocycles. The van der Waals surface area contributed by atoms with Crippen molar-refractivity contribution in [2.75, 3.05) is 20.1 Å². The van der Waals surface area contributed by atoms with Gasteiger partial charge in [-0.15, -0.1) is 0 Å². The van der Waals surface area contributed by atoms with Crippen LogP contribution in [0.4, 0.5) is 0 Å². The zero-order valence-electron chi connectivity index (χ0n) is 11.8. The lowest BCUT2D eigenvalue weighted by Crippen LogP contribution is -2.40. The summed E-state index contributed by atoms with van der Waals surface area (Å²) in [6.45, 7) is 7.80. The van der Waals surface area contributed by atoms with Gasteiger partial charge < -0.3 is 10.2 Å². The molecular formula is C15H25N3. The minimum Gasteiger partial charge on any atom is -0.308 e. The average molecular weight is 247 g/mol. The monoisotopic (exact) mass is 247 g/mol. The number of nitrogens with one attached hydrogen (secondary N) is 1. The van der Waals surface area contributed by atoms with Gasteiger partial charge in [0, 0.05) is 18.8 Å². The van der Waals surface area contributed by atoms with Crippen LogP contribution >= 0.6 is 0 Å². The second-order valence-corrected chi connectivity index (χ2v) is 5.58. The molecule has 18 heavy (non-hydrogen) atoms. The van der Waals surface area contributed by atoms with E-state index in [2.05, 4.69) is 42.2 Å². The van der Waals surface area contributed by atoms with E-state index in [0.717, 1.165) is 12.5 Å². The molecule has 100 valence electrons. The van der Waals surface area contributed by atoms with Gasteiger partial charge in [0.05, 0.1) is 5.69 Å². The van der Waals surface area contributed by atoms with Crippen molar-refractivity contribution in [2.24, 2.45) is 5.92 Å². The van der Waals surface area contributed by atoms with Gasteiger partial charge >= 0.3 is 0 Å². The van der Waals surface area contributed by atoms with Crippen LogP contribution in [0.1, 0.15) is 31.0 Å². The van der Waals surface area contributed by atoms with Crippen LogP contribution in [-0.4, -0.2) is 36.1 Å². The maximum atomic E-state index is 4.44. The Kier molecular flexibility index (Phi) is 4.72. The van der Waals surface area contributed by atoms with Crippen molar-refractivity contribution in [1.82, 2.24) is 15.2 Å². The Balaban J connectivity index is 1.81. The predicted molar refractivity (Wildman–Crippen MR) is 75.5 cm³/mol. The fourth-order valence-electron chi connectivity index (χ4n) is 2.66. The number of pyridine rings is 1. The van der Waals surface area contributed by atoms with E-state index in [-0.39, 0.29) is 0 Å². The van der Waals surface area contributed by atoms with Crippen LogP contribution in [0.2, 0.25) is 0 Å². The number of piperidine rings is 1. The van der Waals surface area contributed by atoms with Crippen LogP contribution in [0.3, 0.4) is 0 Å². The smallest absolute Gasteiger partial charge is 0.0570 e. The Morgan fingerprint density at radius 3 is 2.83 bits per heavy atom. The number of hydrogen-bond acceptors (Lipinski definition) is 3. The van der Waals surface area contributed by atoms with Crippen LogP contribution in [0.5, 0.6) is 0 Å². The van der Waals surface area contributed by atoms with Gasteiger partial charge in [-0.3, -0.25) is 4.98 Å². The van der Waals surface area contributed by atoms with E-state index in [1.165, 1.54) is 37.2 Å². The van der Waals surface area contributed by atoms with E-state index >= 15 is 0 Å². The molecule has 1 fully saturated rings. The second kappa shape index (κ2) is 6.30. The van der Waals surface area contributed by atoms with E-state index in [9.17, 15) is 0 Å². The number of hydrogen-bond donors (Lipinski definition) is 1. The van der Waals surface area contributed by atoms with Crippen molar-refractivity contribution in [1.29, 1.82) is 0 Å². The standard InChI is InChI=1S/C15H25N3/c1-12-5-4-8-16-15(12)11-17-13(2)14-6-9-18(3)10-7-14/h4-5,8,13-14,17H,6-7,9-11H2,1-3H3. The SMILES string of the molecule is Cc1cccnc1CNC(C)C1CCN(C)CC1. The molecule has 3 nitrogen and oxygen atoms in total. The molecule has 1 aliphatic heterocycles. The molecule has 0 amide bonds. The first-order valence-corrected chi connectivity index (χ1v) is 6.99. The topological polar surface area (TPSA) is 28.2 Å². The first kappa shape index (κ1) is 13.5. The number of aromatic nitrogens is 1. The van der Waals surface area contributed by atoms with Gasteiger partial charge in [-0.25, -0.2) is 0 Å². The fraction of sp³-hybridized carbons (Fsp3) is 0.667. The zero-order chi connectivity index (χ0) is 13.0. The van der Waals surface area contributed by atoms with E-state index < -0.39 is 0 Å². The van der Waals surface area contributed by atoms with Crippen LogP contribution in [-0.2, 0) is 6.54 Å². The summed E-state index contributed by atoms with van der Waals surface area (Å²) in [6, 6.07) is 4.71. The first-order valence-electron chi connectivity index (χ1n) is 6.99. The Labute approximate surface area is 111 Å². The highest BCUT2D eigenvalue weighted by molar-refractivity contribution is 5.17. The summed E-state index contributed by atoms with van der Waals surface area (Å²) in [6.07, 6.45) is 4.50. The number of nitrogens with zero attached hydrogens (tertiary/aromatic N) is 2. The summed E-state index contributed by atoms with van der Waals surface area (Å²) >= 11 is 0. The molecule has 1 unspecified atom stereocenters. The molecule has 2 rings (SSSR count). The molecule has 1 aliphatic rings. The molecule has 0 aromatic carbocycles.